The lowest BCUT2D eigenvalue weighted by Crippen LogP contribution is -2.46. The average molecular weight is 1340 g/mol. The number of carbonyl (C=O) groups is 3. The summed E-state index contributed by atoms with van der Waals surface area (Å²) in [5, 5.41) is 38.3. The molecule has 3 aromatic rings. The molecule has 0 aromatic heterocycles. The van der Waals surface area contributed by atoms with E-state index in [9.17, 15) is 29.7 Å². The summed E-state index contributed by atoms with van der Waals surface area (Å²) in [7, 11) is 0. The van der Waals surface area contributed by atoms with Crippen LogP contribution in [0.4, 0.5) is 0 Å². The van der Waals surface area contributed by atoms with Crippen molar-refractivity contribution in [3.63, 3.8) is 0 Å². The summed E-state index contributed by atoms with van der Waals surface area (Å²) in [6.07, 6.45) is 58.3. The fourth-order valence-corrected chi connectivity index (χ4v) is 28.2. The first-order chi connectivity index (χ1) is 48.2. The Balaban J connectivity index is 0.000000118. The molecule has 0 unspecified atom stereocenters. The van der Waals surface area contributed by atoms with E-state index in [2.05, 4.69) is 57.2 Å². The maximum Gasteiger partial charge on any atom is 0.0721 e. The highest BCUT2D eigenvalue weighted by Crippen LogP contribution is 2.66. The van der Waals surface area contributed by atoms with Crippen molar-refractivity contribution in [1.29, 1.82) is 0 Å². The molecule has 0 atom stereocenters. The van der Waals surface area contributed by atoms with Crippen LogP contribution in [0.2, 0.25) is 0 Å². The number of aromatic carboxylic acids is 3. The van der Waals surface area contributed by atoms with E-state index in [0.29, 0.717) is 64.4 Å². The normalized spacial score (nSPS) is 38.9. The Kier molecular flexibility index (Phi) is 21.2. The molecule has 0 aliphatic heterocycles. The Morgan fingerprint density at radius 1 is 0.242 bits per heavy atom. The summed E-state index contributed by atoms with van der Waals surface area (Å²) in [5.41, 5.74) is 13.5. The summed E-state index contributed by atoms with van der Waals surface area (Å²) < 4.78 is 0. The summed E-state index contributed by atoms with van der Waals surface area (Å²) in [6, 6.07) is 14.4. The van der Waals surface area contributed by atoms with Crippen LogP contribution >= 0.6 is 0 Å². The van der Waals surface area contributed by atoms with Crippen molar-refractivity contribution in [2.75, 3.05) is 0 Å². The fraction of sp³-hybridized carbons (Fsp3) is 0.774. The number of benzene rings is 3. The predicted octanol–water partition coefficient (Wildman–Crippen LogP) is 22.0. The molecule has 3 aromatic carbocycles. The zero-order valence-electron chi connectivity index (χ0n) is 62.1. The Bertz CT molecular complexity index is 3070. The van der Waals surface area contributed by atoms with Crippen LogP contribution in [0.3, 0.4) is 0 Å². The van der Waals surface area contributed by atoms with Crippen LogP contribution in [0.5, 0.6) is 0 Å². The van der Waals surface area contributed by atoms with Crippen molar-refractivity contribution in [3.8, 4) is 0 Å². The molecule has 12 bridgehead atoms. The Morgan fingerprint density at radius 2 is 0.455 bits per heavy atom. The Labute approximate surface area is 599 Å². The molecule has 18 saturated carbocycles. The molecule has 99 heavy (non-hydrogen) atoms. The highest BCUT2D eigenvalue weighted by molar-refractivity contribution is 5.92. The van der Waals surface area contributed by atoms with Gasteiger partial charge in [0.25, 0.3) is 0 Å². The second kappa shape index (κ2) is 30.3. The smallest absolute Gasteiger partial charge is 0.0721 e. The van der Waals surface area contributed by atoms with E-state index < -0.39 is 17.9 Å². The van der Waals surface area contributed by atoms with Gasteiger partial charge in [0.15, 0.2) is 0 Å². The minimum atomic E-state index is -0.930. The zero-order valence-corrected chi connectivity index (χ0v) is 62.1. The quantitative estimate of drug-likeness (QED) is 0.167. The van der Waals surface area contributed by atoms with Gasteiger partial charge in [0, 0.05) is 16.7 Å². The van der Waals surface area contributed by atoms with Crippen LogP contribution < -0.4 is 15.3 Å². The third kappa shape index (κ3) is 14.7. The second-order valence-electron chi connectivity index (χ2n) is 38.9. The third-order valence-electron chi connectivity index (χ3n) is 32.4. The molecule has 540 valence electrons. The van der Waals surface area contributed by atoms with E-state index in [0.717, 1.165) is 168 Å². The molecule has 18 aliphatic rings. The lowest BCUT2D eigenvalue weighted by molar-refractivity contribution is -0.256. The minimum Gasteiger partial charge on any atom is -0.545 e. The van der Waals surface area contributed by atoms with E-state index >= 15 is 0 Å². The largest absolute Gasteiger partial charge is 0.545 e. The maximum absolute atomic E-state index is 13.3. The van der Waals surface area contributed by atoms with Gasteiger partial charge < -0.3 is 29.7 Å². The lowest BCUT2D eigenvalue weighted by Gasteiger charge is -2.57. The number of rotatable bonds is 12. The number of carboxylic acids is 3. The van der Waals surface area contributed by atoms with Crippen LogP contribution in [0.1, 0.15) is 444 Å². The molecule has 0 saturated heterocycles. The topological polar surface area (TPSA) is 120 Å². The van der Waals surface area contributed by atoms with Crippen LogP contribution in [-0.2, 0) is 0 Å². The van der Waals surface area contributed by atoms with E-state index in [-0.39, 0.29) is 0 Å². The van der Waals surface area contributed by atoms with Crippen molar-refractivity contribution in [3.05, 3.63) is 103 Å². The van der Waals surface area contributed by atoms with Gasteiger partial charge in [-0.2, -0.15) is 0 Å². The molecule has 6 heteroatoms. The number of hydrogen-bond acceptors (Lipinski definition) is 6. The van der Waals surface area contributed by atoms with E-state index in [1.165, 1.54) is 260 Å². The van der Waals surface area contributed by atoms with Crippen molar-refractivity contribution in [1.82, 2.24) is 0 Å². The first-order valence-electron chi connectivity index (χ1n) is 43.4. The van der Waals surface area contributed by atoms with Gasteiger partial charge in [-0.1, -0.05) is 173 Å². The molecule has 18 aliphatic carbocycles. The van der Waals surface area contributed by atoms with E-state index in [4.69, 9.17) is 0 Å². The number of carbonyl (C=O) groups excluding carboxylic acids is 3. The molecule has 6 nitrogen and oxygen atoms in total. The van der Waals surface area contributed by atoms with Gasteiger partial charge in [0.05, 0.1) is 17.9 Å². The van der Waals surface area contributed by atoms with Crippen molar-refractivity contribution < 1.29 is 29.7 Å². The zero-order chi connectivity index (χ0) is 67.6. The lowest BCUT2D eigenvalue weighted by atomic mass is 9.48. The molecular formula is C93H129O6-3. The van der Waals surface area contributed by atoms with Crippen LogP contribution in [0, 0.1) is 88.8 Å². The van der Waals surface area contributed by atoms with Crippen molar-refractivity contribution >= 4 is 17.9 Å². The van der Waals surface area contributed by atoms with E-state index in [1.807, 2.05) is 0 Å². The van der Waals surface area contributed by atoms with Gasteiger partial charge in [-0.25, -0.2) is 0 Å². The van der Waals surface area contributed by atoms with Crippen molar-refractivity contribution in [2.45, 2.75) is 363 Å². The number of hydrogen-bond donors (Lipinski definition) is 0. The molecule has 0 amide bonds. The summed E-state index contributed by atoms with van der Waals surface area (Å²) >= 11 is 0. The standard InChI is InChI=1S/C37H48O2.2C28H42O2/c38-37(39)36-31(34-26-8-20-2-21(10-26)11-27(34)9-20)16-30(33-24-4-18-1-19(6-24)7-25(33)5-18)17-32(36)35-28-12-22-3-23(14-28)15-29(35)13-22;1-18-4-10-21(11-5-18)24-16-25(22-12-6-19(2)7-13-22)27(28(29)30)26(17-24)23-14-8-20(3)9-15-23;29-28(30)27-25(22-15-9-3-4-10-16-22)19-24(21-13-7-1-2-8-14-21)20-26(27)23-17-11-5-6-12-18-23/h16-29,33-35H,1-15H2,(H,38,39);16-23H,4-15H2,1-3H3,(H,29,30);19-23H,1-18H2,(H,29,30)/p-3. The molecule has 0 heterocycles. The summed E-state index contributed by atoms with van der Waals surface area (Å²) in [6.45, 7) is 7.05. The van der Waals surface area contributed by atoms with E-state index in [1.54, 1.807) is 5.56 Å². The highest BCUT2D eigenvalue weighted by atomic mass is 16.4. The molecule has 0 radical (unpaired) electrons. The van der Waals surface area contributed by atoms with Gasteiger partial charge in [0.1, 0.15) is 0 Å². The molecule has 18 fully saturated rings. The average Bonchev–Trinajstić information content (AvgIpc) is 0.922. The first-order valence-corrected chi connectivity index (χ1v) is 43.4. The van der Waals surface area contributed by atoms with Crippen LogP contribution in [0.25, 0.3) is 0 Å². The Morgan fingerprint density at radius 3 is 0.727 bits per heavy atom. The molecule has 0 spiro atoms. The molecular weight excluding hydrogens is 1210 g/mol. The second-order valence-corrected chi connectivity index (χ2v) is 38.9. The third-order valence-corrected chi connectivity index (χ3v) is 32.4. The Hall–Kier alpha value is -3.93. The minimum absolute atomic E-state index is 0.401. The van der Waals surface area contributed by atoms with Crippen LogP contribution in [-0.4, -0.2) is 17.9 Å². The number of carboxylic acid groups (broad SMARTS) is 3. The van der Waals surface area contributed by atoms with Gasteiger partial charge in [-0.15, -0.1) is 0 Å². The molecule has 21 rings (SSSR count). The van der Waals surface area contributed by atoms with Gasteiger partial charge >= 0.3 is 0 Å². The van der Waals surface area contributed by atoms with Crippen LogP contribution in [0.15, 0.2) is 36.4 Å². The monoisotopic (exact) mass is 1340 g/mol. The SMILES string of the molecule is CC1CCC(c2cc(C3CCC(C)CC3)c(C(=O)[O-])c(C3CCC(C)CC3)c2)CC1.O=C([O-])c1c(C2C3CC4CC(C3)CC2C4)cc(C2C3CC4CC(C3)CC2C4)cc1C1C2CC3CC(C2)CC1C3.O=C([O-])c1c(C2CCCCCC2)cc(C2CCCCCC2)cc1C1CCCCCC1. The predicted molar refractivity (Wildman–Crippen MR) is 394 cm³/mol. The summed E-state index contributed by atoms with van der Waals surface area (Å²) in [4.78, 5) is 38.3. The highest BCUT2D eigenvalue weighted by Gasteiger charge is 2.54. The van der Waals surface area contributed by atoms with Crippen molar-refractivity contribution in [2.24, 2.45) is 88.8 Å². The molecule has 0 N–H and O–H groups in total. The first kappa shape index (κ1) is 69.4. The summed E-state index contributed by atoms with van der Waals surface area (Å²) in [5.74, 6) is 14.5. The van der Waals surface area contributed by atoms with Gasteiger partial charge in [0.2, 0.25) is 0 Å². The van der Waals surface area contributed by atoms with Gasteiger partial charge in [-0.3, -0.25) is 0 Å². The van der Waals surface area contributed by atoms with Gasteiger partial charge in [-0.05, 0) is 365 Å². The maximum atomic E-state index is 13.3. The fourth-order valence-electron chi connectivity index (χ4n) is 28.2.